The minimum absolute atomic E-state index is 0.0289. The fourth-order valence-corrected chi connectivity index (χ4v) is 5.07. The summed E-state index contributed by atoms with van der Waals surface area (Å²) in [6.45, 7) is 6.00. The zero-order chi connectivity index (χ0) is 17.3. The molecular formula is C16H13ClN2O2S3. The maximum atomic E-state index is 12.6. The summed E-state index contributed by atoms with van der Waals surface area (Å²) in [6.07, 6.45) is 1.65. The number of rotatable bonds is 6. The third kappa shape index (κ3) is 3.49. The minimum atomic E-state index is -0.0987. The predicted molar refractivity (Wildman–Crippen MR) is 103 cm³/mol. The molecule has 0 spiro atoms. The van der Waals surface area contributed by atoms with E-state index in [1.807, 2.05) is 13.0 Å². The van der Waals surface area contributed by atoms with Crippen LogP contribution in [-0.4, -0.2) is 21.1 Å². The van der Waals surface area contributed by atoms with Gasteiger partial charge in [-0.15, -0.1) is 29.3 Å². The second-order valence-corrected chi connectivity index (χ2v) is 8.88. The third-order valence-electron chi connectivity index (χ3n) is 3.23. The number of thiophene rings is 2. The van der Waals surface area contributed by atoms with Crippen LogP contribution in [0.25, 0.3) is 10.2 Å². The topological polar surface area (TPSA) is 52.0 Å². The largest absolute Gasteiger partial charge is 0.292 e. The van der Waals surface area contributed by atoms with Gasteiger partial charge in [0.25, 0.3) is 5.56 Å². The Bertz CT molecular complexity index is 987. The molecule has 0 atom stereocenters. The SMILES string of the molecule is C=CCn1c(SCC(=O)c2ccc(Cl)s2)nc2sc(C)cc2c1=O. The predicted octanol–water partition coefficient (Wildman–Crippen LogP) is 4.64. The molecule has 0 saturated heterocycles. The van der Waals surface area contributed by atoms with Gasteiger partial charge in [0, 0.05) is 11.4 Å². The second kappa shape index (κ2) is 7.23. The molecule has 3 aromatic rings. The first kappa shape index (κ1) is 17.4. The monoisotopic (exact) mass is 396 g/mol. The number of fused-ring (bicyclic) bond motifs is 1. The maximum absolute atomic E-state index is 12.6. The Morgan fingerprint density at radius 1 is 1.46 bits per heavy atom. The average Bonchev–Trinajstić information content (AvgIpc) is 3.13. The molecule has 4 nitrogen and oxygen atoms in total. The van der Waals surface area contributed by atoms with Crippen molar-refractivity contribution in [2.45, 2.75) is 18.6 Å². The second-order valence-electron chi connectivity index (χ2n) is 4.99. The number of carbonyl (C=O) groups excluding carboxylic acids is 1. The van der Waals surface area contributed by atoms with E-state index >= 15 is 0 Å². The molecule has 124 valence electrons. The lowest BCUT2D eigenvalue weighted by atomic mass is 10.3. The molecule has 0 saturated carbocycles. The molecule has 0 amide bonds. The lowest BCUT2D eigenvalue weighted by Gasteiger charge is -2.09. The van der Waals surface area contributed by atoms with Crippen LogP contribution >= 0.6 is 46.0 Å². The molecule has 0 radical (unpaired) electrons. The van der Waals surface area contributed by atoms with E-state index in [4.69, 9.17) is 11.6 Å². The van der Waals surface area contributed by atoms with Gasteiger partial charge in [0.1, 0.15) is 4.83 Å². The number of hydrogen-bond acceptors (Lipinski definition) is 6. The number of thioether (sulfide) groups is 1. The first-order valence-corrected chi connectivity index (χ1v) is 10.0. The molecule has 0 aliphatic heterocycles. The summed E-state index contributed by atoms with van der Waals surface area (Å²) in [5, 5.41) is 1.14. The van der Waals surface area contributed by atoms with Crippen LogP contribution in [-0.2, 0) is 6.54 Å². The van der Waals surface area contributed by atoms with E-state index in [9.17, 15) is 9.59 Å². The number of Topliss-reactive ketones (excluding diaryl/α,β-unsaturated/α-hetero) is 1. The van der Waals surface area contributed by atoms with Crippen molar-refractivity contribution in [3.8, 4) is 0 Å². The Labute approximate surface area is 155 Å². The van der Waals surface area contributed by atoms with Crippen LogP contribution in [0.3, 0.4) is 0 Å². The molecule has 0 aliphatic carbocycles. The molecule has 3 aromatic heterocycles. The lowest BCUT2D eigenvalue weighted by molar-refractivity contribution is 0.102. The summed E-state index contributed by atoms with van der Waals surface area (Å²) < 4.78 is 2.14. The summed E-state index contributed by atoms with van der Waals surface area (Å²) in [4.78, 5) is 31.8. The molecular weight excluding hydrogens is 384 g/mol. The van der Waals surface area contributed by atoms with E-state index in [0.29, 0.717) is 31.1 Å². The quantitative estimate of drug-likeness (QED) is 0.263. The van der Waals surface area contributed by atoms with Crippen molar-refractivity contribution in [2.75, 3.05) is 5.75 Å². The lowest BCUT2D eigenvalue weighted by Crippen LogP contribution is -2.22. The zero-order valence-electron chi connectivity index (χ0n) is 12.7. The van der Waals surface area contributed by atoms with Gasteiger partial charge >= 0.3 is 0 Å². The Hall–Kier alpha value is -1.41. The number of aromatic nitrogens is 2. The number of allylic oxidation sites excluding steroid dienone is 1. The Balaban J connectivity index is 1.92. The van der Waals surface area contributed by atoms with Crippen LogP contribution in [0.4, 0.5) is 0 Å². The van der Waals surface area contributed by atoms with Crippen LogP contribution in [0, 0.1) is 6.92 Å². The van der Waals surface area contributed by atoms with Crippen molar-refractivity contribution in [2.24, 2.45) is 0 Å². The highest BCUT2D eigenvalue weighted by molar-refractivity contribution is 7.99. The van der Waals surface area contributed by atoms with Crippen molar-refractivity contribution in [3.05, 3.63) is 55.3 Å². The smallest absolute Gasteiger partial charge is 0.263 e. The molecule has 0 aliphatic rings. The standard InChI is InChI=1S/C16H13ClN2O2S3/c1-3-6-19-15(21)10-7-9(2)23-14(10)18-16(19)22-8-11(20)12-4-5-13(17)24-12/h3-5,7H,1,6,8H2,2H3. The zero-order valence-corrected chi connectivity index (χ0v) is 15.9. The highest BCUT2D eigenvalue weighted by Crippen LogP contribution is 2.26. The summed E-state index contributed by atoms with van der Waals surface area (Å²) in [5.41, 5.74) is -0.0987. The van der Waals surface area contributed by atoms with Crippen LogP contribution in [0.5, 0.6) is 0 Å². The maximum Gasteiger partial charge on any atom is 0.263 e. The molecule has 0 aromatic carbocycles. The number of aryl methyl sites for hydroxylation is 1. The van der Waals surface area contributed by atoms with Gasteiger partial charge in [-0.2, -0.15) is 0 Å². The van der Waals surface area contributed by atoms with Crippen LogP contribution < -0.4 is 5.56 Å². The normalized spacial score (nSPS) is 11.1. The van der Waals surface area contributed by atoms with Crippen LogP contribution in [0.15, 0.2) is 40.8 Å². The molecule has 0 bridgehead atoms. The third-order valence-corrected chi connectivity index (χ3v) is 6.42. The van der Waals surface area contributed by atoms with Crippen LogP contribution in [0.1, 0.15) is 14.5 Å². The highest BCUT2D eigenvalue weighted by atomic mass is 35.5. The van der Waals surface area contributed by atoms with E-state index < -0.39 is 0 Å². The fraction of sp³-hybridized carbons (Fsp3) is 0.188. The van der Waals surface area contributed by atoms with Gasteiger partial charge < -0.3 is 0 Å². The van der Waals surface area contributed by atoms with Crippen molar-refractivity contribution in [1.29, 1.82) is 0 Å². The van der Waals surface area contributed by atoms with E-state index in [2.05, 4.69) is 11.6 Å². The Morgan fingerprint density at radius 3 is 2.92 bits per heavy atom. The van der Waals surface area contributed by atoms with E-state index in [1.165, 1.54) is 34.4 Å². The first-order chi connectivity index (χ1) is 11.5. The van der Waals surface area contributed by atoms with Gasteiger partial charge in [0.15, 0.2) is 10.9 Å². The van der Waals surface area contributed by atoms with E-state index in [-0.39, 0.29) is 17.1 Å². The Morgan fingerprint density at radius 2 is 2.25 bits per heavy atom. The number of hydrogen-bond donors (Lipinski definition) is 0. The average molecular weight is 397 g/mol. The fourth-order valence-electron chi connectivity index (χ4n) is 2.18. The van der Waals surface area contributed by atoms with Gasteiger partial charge in [-0.25, -0.2) is 4.98 Å². The summed E-state index contributed by atoms with van der Waals surface area (Å²) >= 11 is 9.86. The summed E-state index contributed by atoms with van der Waals surface area (Å²) in [6, 6.07) is 5.27. The summed E-state index contributed by atoms with van der Waals surface area (Å²) in [5.74, 6) is 0.176. The van der Waals surface area contributed by atoms with Gasteiger partial charge in [-0.05, 0) is 25.1 Å². The van der Waals surface area contributed by atoms with E-state index in [1.54, 1.807) is 22.8 Å². The summed E-state index contributed by atoms with van der Waals surface area (Å²) in [7, 11) is 0. The number of nitrogens with zero attached hydrogens (tertiary/aromatic N) is 2. The minimum Gasteiger partial charge on any atom is -0.292 e. The molecule has 3 rings (SSSR count). The molecule has 3 heterocycles. The number of halogens is 1. The van der Waals surface area contributed by atoms with Crippen molar-refractivity contribution in [3.63, 3.8) is 0 Å². The molecule has 24 heavy (non-hydrogen) atoms. The number of ketones is 1. The molecule has 0 unspecified atom stereocenters. The van der Waals surface area contributed by atoms with Crippen LogP contribution in [0.2, 0.25) is 4.34 Å². The Kier molecular flexibility index (Phi) is 5.24. The highest BCUT2D eigenvalue weighted by Gasteiger charge is 2.15. The van der Waals surface area contributed by atoms with E-state index in [0.717, 1.165) is 4.88 Å². The van der Waals surface area contributed by atoms with Crippen molar-refractivity contribution in [1.82, 2.24) is 9.55 Å². The van der Waals surface area contributed by atoms with Gasteiger partial charge in [-0.1, -0.05) is 29.4 Å². The molecule has 0 N–H and O–H groups in total. The first-order valence-electron chi connectivity index (χ1n) is 7.03. The van der Waals surface area contributed by atoms with Gasteiger partial charge in [0.2, 0.25) is 0 Å². The van der Waals surface area contributed by atoms with Crippen molar-refractivity contribution >= 4 is 62.0 Å². The van der Waals surface area contributed by atoms with Gasteiger partial charge in [0.05, 0.1) is 20.4 Å². The molecule has 0 fully saturated rings. The number of carbonyl (C=O) groups is 1. The molecule has 8 heteroatoms. The van der Waals surface area contributed by atoms with Gasteiger partial charge in [-0.3, -0.25) is 14.2 Å². The van der Waals surface area contributed by atoms with Crippen molar-refractivity contribution < 1.29 is 4.79 Å².